The zero-order valence-electron chi connectivity index (χ0n) is 83.6. The SMILES string of the molecule is CC1(C)CCc2sc3ncnc(NC4CCC(N)CC4)c3c2C1.CC1(C)CCc2sc3ncnc(NC4CCC(O)CC4)c3c2C1.CC1CCc2sc3ncnc(NC4CCC(N)CC4)c3c2C1.CC1CCc2sc3ncnc(NC4CCC(O)CC4)c3c2C1.CCC1CCc2c(sc3ncnc(CC4CCC(C)CC4)c23)C1.CNC1CCC(Nc2ncnc3sc4c(c23)CC(C)(C)CC4)CC1. The van der Waals surface area contributed by atoms with Crippen molar-refractivity contribution in [2.75, 3.05) is 33.6 Å². The number of anilines is 5. The van der Waals surface area contributed by atoms with Crippen LogP contribution in [0.4, 0.5) is 29.1 Å². The van der Waals surface area contributed by atoms with Crippen LogP contribution in [0.2, 0.25) is 0 Å². The van der Waals surface area contributed by atoms with E-state index in [4.69, 9.17) is 16.5 Å². The van der Waals surface area contributed by atoms with Gasteiger partial charge >= 0.3 is 0 Å². The van der Waals surface area contributed by atoms with Gasteiger partial charge in [-0.15, -0.1) is 68.0 Å². The van der Waals surface area contributed by atoms with Gasteiger partial charge in [0.25, 0.3) is 0 Å². The van der Waals surface area contributed by atoms with Gasteiger partial charge in [0.1, 0.15) is 96.0 Å². The van der Waals surface area contributed by atoms with E-state index in [1.807, 2.05) is 74.3 Å². The maximum absolute atomic E-state index is 9.70. The van der Waals surface area contributed by atoms with Gasteiger partial charge in [0, 0.05) is 83.0 Å². The molecule has 6 fully saturated rings. The number of aromatic nitrogens is 12. The van der Waals surface area contributed by atoms with Crippen LogP contribution >= 0.6 is 68.0 Å². The molecular weight excluding hydrogens is 1810 g/mol. The van der Waals surface area contributed by atoms with Crippen molar-refractivity contribution >= 4 is 158 Å². The van der Waals surface area contributed by atoms with E-state index >= 15 is 0 Å². The van der Waals surface area contributed by atoms with Crippen molar-refractivity contribution in [2.45, 2.75) is 412 Å². The van der Waals surface area contributed by atoms with E-state index in [1.54, 1.807) is 42.1 Å². The molecule has 0 radical (unpaired) electrons. The molecule has 0 amide bonds. The normalized spacial score (nSPS) is 27.5. The minimum absolute atomic E-state index is 0.113. The summed E-state index contributed by atoms with van der Waals surface area (Å²) in [5.41, 5.74) is 23.6. The van der Waals surface area contributed by atoms with Crippen molar-refractivity contribution in [3.05, 3.63) is 106 Å². The van der Waals surface area contributed by atoms with Gasteiger partial charge in [-0.05, 0) is 350 Å². The number of nitrogens with one attached hydrogen (secondary N) is 6. The highest BCUT2D eigenvalue weighted by Gasteiger charge is 2.38. The average molecular weight is 1970 g/mol. The molecule has 0 saturated heterocycles. The minimum Gasteiger partial charge on any atom is -0.393 e. The molecule has 24 rings (SSSR count). The third-order valence-electron chi connectivity index (χ3n) is 33.2. The molecule has 12 aliphatic rings. The third kappa shape index (κ3) is 23.6. The minimum atomic E-state index is -0.117. The molecule has 0 aromatic carbocycles. The van der Waals surface area contributed by atoms with Crippen LogP contribution in [0.15, 0.2) is 38.0 Å². The van der Waals surface area contributed by atoms with Crippen molar-refractivity contribution in [3.8, 4) is 0 Å². The number of rotatable bonds is 14. The van der Waals surface area contributed by atoms with Crippen LogP contribution in [0.25, 0.3) is 61.3 Å². The highest BCUT2D eigenvalue weighted by atomic mass is 32.1. The standard InChI is InChI=1S/C20H28N2S.C19H28N4S.C18H26N4S.C18H25N3OS.C17H24N4S.C17H23N3OS/c1-3-14-8-9-16-18(11-14)23-20-19(16)17(21-12-22-20)10-15-6-4-13(2)5-7-15;1-19(2)9-8-15-14(10-19)16-17(21-11-22-18(16)24-15)23-13-6-4-12(20-3)5-7-13;1-18(2)8-7-14-13(9-18)15-16(20-10-21-17(15)23-14)22-12-5-3-11(19)4-6-12;1-18(2)8-7-14-13(9-18)15-16(19-10-20-17(15)23-14)21-11-3-5-12(22)6-4-11;1-10-2-7-14-13(8-10)15-16(19-9-20-17(15)22-14)21-12-5-3-11(18)4-6-12;1-10-2-7-14-13(8-10)15-16(18-9-19-17(15)22-14)20-11-3-5-12(21)6-4-11/h12-15H,3-11H2,1-2H3;11-13,20H,4-10H2,1-3H3,(H,21,22,23);10-12H,3-9,19H2,1-2H3,(H,20,21,22);10-12,22H,3-9H2,1-2H3,(H,19,20,21);9-12H,2-8,18H2,1H3,(H,19,20,21);9-12,21H,2-8H2,1H3,(H,18,19,20). The molecule has 0 aliphatic heterocycles. The van der Waals surface area contributed by atoms with E-state index in [0.717, 1.165) is 206 Å². The molecule has 12 aliphatic carbocycles. The van der Waals surface area contributed by atoms with Crippen LogP contribution in [-0.2, 0) is 83.5 Å². The molecule has 12 N–H and O–H groups in total. The lowest BCUT2D eigenvalue weighted by atomic mass is 9.76. The summed E-state index contributed by atoms with van der Waals surface area (Å²) in [5, 5.41) is 49.1. The summed E-state index contributed by atoms with van der Waals surface area (Å²) in [5.74, 6) is 9.36. The van der Waals surface area contributed by atoms with Gasteiger partial charge in [0.2, 0.25) is 0 Å². The maximum atomic E-state index is 9.70. The Morgan fingerprint density at radius 3 is 0.964 bits per heavy atom. The molecular formula is C109H154N20O2S6. The van der Waals surface area contributed by atoms with Crippen molar-refractivity contribution in [2.24, 2.45) is 57.3 Å². The molecule has 0 bridgehead atoms. The first-order chi connectivity index (χ1) is 66.2. The van der Waals surface area contributed by atoms with Crippen LogP contribution in [0.3, 0.4) is 0 Å². The van der Waals surface area contributed by atoms with Gasteiger partial charge in [0.05, 0.1) is 44.8 Å². The summed E-state index contributed by atoms with van der Waals surface area (Å²) in [7, 11) is 2.08. The lowest BCUT2D eigenvalue weighted by Gasteiger charge is -2.31. The predicted molar refractivity (Wildman–Crippen MR) is 575 cm³/mol. The van der Waals surface area contributed by atoms with Gasteiger partial charge < -0.3 is 53.6 Å². The molecule has 12 aromatic heterocycles. The Hall–Kier alpha value is -6.96. The number of aliphatic hydroxyl groups excluding tert-OH is 2. The highest BCUT2D eigenvalue weighted by molar-refractivity contribution is 7.20. The van der Waals surface area contributed by atoms with Crippen molar-refractivity contribution in [3.63, 3.8) is 0 Å². The van der Waals surface area contributed by atoms with E-state index in [9.17, 15) is 10.2 Å². The van der Waals surface area contributed by atoms with E-state index in [-0.39, 0.29) is 12.2 Å². The second-order valence-corrected chi connectivity index (χ2v) is 52.4. The zero-order chi connectivity index (χ0) is 94.8. The van der Waals surface area contributed by atoms with Gasteiger partial charge in [-0.2, -0.15) is 0 Å². The first-order valence-corrected chi connectivity index (χ1v) is 58.0. The van der Waals surface area contributed by atoms with Crippen LogP contribution in [-0.4, -0.2) is 138 Å². The zero-order valence-corrected chi connectivity index (χ0v) is 88.5. The lowest BCUT2D eigenvalue weighted by molar-refractivity contribution is 0.125. The average Bonchev–Trinajstić information content (AvgIpc) is 1.66. The monoisotopic (exact) mass is 1970 g/mol. The number of hydrogen-bond acceptors (Lipinski definition) is 28. The second kappa shape index (κ2) is 43.7. The van der Waals surface area contributed by atoms with Gasteiger partial charge in [-0.25, -0.2) is 59.8 Å². The van der Waals surface area contributed by atoms with Gasteiger partial charge in [-0.3, -0.25) is 0 Å². The van der Waals surface area contributed by atoms with Crippen molar-refractivity contribution < 1.29 is 10.2 Å². The summed E-state index contributed by atoms with van der Waals surface area (Å²) in [6.45, 7) is 23.7. The molecule has 12 aromatic rings. The number of thiophene rings is 6. The van der Waals surface area contributed by atoms with E-state index in [2.05, 4.69) is 163 Å². The Balaban J connectivity index is 0.000000105. The quantitative estimate of drug-likeness (QED) is 0.0483. The van der Waals surface area contributed by atoms with Crippen LogP contribution in [0.1, 0.15) is 337 Å². The number of fused-ring (bicyclic) bond motifs is 18. The Morgan fingerprint density at radius 2 is 0.613 bits per heavy atom. The summed E-state index contributed by atoms with van der Waals surface area (Å²) in [6, 6.07) is 3.85. The van der Waals surface area contributed by atoms with Crippen LogP contribution in [0.5, 0.6) is 0 Å². The fraction of sp³-hybridized carbons (Fsp3) is 0.670. The summed E-state index contributed by atoms with van der Waals surface area (Å²) in [4.78, 5) is 71.1. The van der Waals surface area contributed by atoms with E-state index in [0.29, 0.717) is 64.6 Å². The van der Waals surface area contributed by atoms with E-state index in [1.165, 1.54) is 254 Å². The highest BCUT2D eigenvalue weighted by Crippen LogP contribution is 2.51. The topological polar surface area (TPSA) is 319 Å². The first kappa shape index (κ1) is 98.8. The number of nitrogens with two attached hydrogens (primary N) is 2. The fourth-order valence-electron chi connectivity index (χ4n) is 24.5. The molecule has 137 heavy (non-hydrogen) atoms. The Kier molecular flexibility index (Phi) is 31.5. The Labute approximate surface area is 836 Å². The second-order valence-electron chi connectivity index (χ2n) is 45.9. The molecule has 3 atom stereocenters. The smallest absolute Gasteiger partial charge is 0.138 e. The summed E-state index contributed by atoms with van der Waals surface area (Å²) in [6.07, 6.45) is 61.7. The molecule has 6 saturated carbocycles. The number of hydrogen-bond donors (Lipinski definition) is 10. The van der Waals surface area contributed by atoms with Gasteiger partial charge in [0.15, 0.2) is 0 Å². The summed E-state index contributed by atoms with van der Waals surface area (Å²) < 4.78 is 0. The lowest BCUT2D eigenvalue weighted by Crippen LogP contribution is -2.35. The van der Waals surface area contributed by atoms with Crippen molar-refractivity contribution in [1.82, 2.24) is 65.1 Å². The number of aliphatic hydroxyl groups is 2. The van der Waals surface area contributed by atoms with Crippen LogP contribution < -0.4 is 43.4 Å². The first-order valence-electron chi connectivity index (χ1n) is 53.1. The van der Waals surface area contributed by atoms with Crippen molar-refractivity contribution in [1.29, 1.82) is 0 Å². The Morgan fingerprint density at radius 1 is 0.307 bits per heavy atom. The molecule has 738 valence electrons. The molecule has 0 spiro atoms. The predicted octanol–water partition coefficient (Wildman–Crippen LogP) is 24.6. The molecule has 22 nitrogen and oxygen atoms in total. The molecule has 3 unspecified atom stereocenters. The van der Waals surface area contributed by atoms with Gasteiger partial charge in [-0.1, -0.05) is 88.5 Å². The third-order valence-corrected chi connectivity index (χ3v) is 40.4. The number of nitrogens with zero attached hydrogens (tertiary/aromatic N) is 12. The maximum Gasteiger partial charge on any atom is 0.138 e. The number of aryl methyl sites for hydroxylation is 6. The van der Waals surface area contributed by atoms with Crippen LogP contribution in [0, 0.1) is 45.8 Å². The largest absolute Gasteiger partial charge is 0.393 e. The van der Waals surface area contributed by atoms with E-state index < -0.39 is 0 Å². The Bertz CT molecular complexity index is 5840. The summed E-state index contributed by atoms with van der Waals surface area (Å²) >= 11 is 11.3. The molecule has 28 heteroatoms. The fourth-order valence-corrected chi connectivity index (χ4v) is 31.6. The molecule has 12 heterocycles.